The van der Waals surface area contributed by atoms with Crippen LogP contribution in [0.4, 0.5) is 0 Å². The molecule has 1 aromatic rings. The monoisotopic (exact) mass is 334 g/mol. The van der Waals surface area contributed by atoms with Gasteiger partial charge in [0.2, 0.25) is 12.7 Å². The third kappa shape index (κ3) is 3.19. The quantitative estimate of drug-likeness (QED) is 0.881. The van der Waals surface area contributed by atoms with Crippen molar-refractivity contribution in [3.8, 4) is 11.5 Å². The highest BCUT2D eigenvalue weighted by molar-refractivity contribution is 5.78. The lowest BCUT2D eigenvalue weighted by Gasteiger charge is -2.37. The molecule has 2 fully saturated rings. The number of benzene rings is 1. The van der Waals surface area contributed by atoms with Crippen LogP contribution in [0.1, 0.15) is 18.4 Å². The van der Waals surface area contributed by atoms with Crippen molar-refractivity contribution in [1.82, 2.24) is 10.2 Å². The van der Waals surface area contributed by atoms with E-state index in [4.69, 9.17) is 18.9 Å². The molecule has 2 saturated heterocycles. The number of carbonyl (C=O) groups excluding carboxylic acids is 1. The zero-order valence-corrected chi connectivity index (χ0v) is 13.6. The minimum Gasteiger partial charge on any atom is -0.454 e. The van der Waals surface area contributed by atoms with Gasteiger partial charge in [0.25, 0.3) is 0 Å². The van der Waals surface area contributed by atoms with E-state index in [0.29, 0.717) is 39.4 Å². The molecule has 3 aliphatic heterocycles. The number of hydrogen-bond donors (Lipinski definition) is 1. The molecule has 1 amide bonds. The van der Waals surface area contributed by atoms with E-state index in [1.807, 2.05) is 23.1 Å². The molecule has 1 N–H and O–H groups in total. The van der Waals surface area contributed by atoms with Gasteiger partial charge in [-0.1, -0.05) is 6.07 Å². The Balaban J connectivity index is 1.22. The molecule has 1 aromatic carbocycles. The predicted octanol–water partition coefficient (Wildman–Crippen LogP) is 0.870. The Labute approximate surface area is 140 Å². The van der Waals surface area contributed by atoms with Crippen molar-refractivity contribution in [2.75, 3.05) is 39.6 Å². The second-order valence-electron chi connectivity index (χ2n) is 6.28. The van der Waals surface area contributed by atoms with Crippen molar-refractivity contribution in [3.05, 3.63) is 23.8 Å². The third-order valence-electron chi connectivity index (χ3n) is 4.73. The smallest absolute Gasteiger partial charge is 0.236 e. The van der Waals surface area contributed by atoms with Crippen LogP contribution < -0.4 is 14.8 Å². The van der Waals surface area contributed by atoms with E-state index in [0.717, 1.165) is 29.9 Å². The number of amides is 1. The fraction of sp³-hybridized carbons (Fsp3) is 0.588. The van der Waals surface area contributed by atoms with E-state index < -0.39 is 5.79 Å². The van der Waals surface area contributed by atoms with Gasteiger partial charge < -0.3 is 29.2 Å². The number of likely N-dealkylation sites (tertiary alicyclic amines) is 1. The SMILES string of the molecule is O=C(CNCc1ccc2c(c1)OCO2)N1CCC2(CC1)OCCO2. The highest BCUT2D eigenvalue weighted by atomic mass is 16.7. The van der Waals surface area contributed by atoms with Crippen LogP contribution in [0.3, 0.4) is 0 Å². The van der Waals surface area contributed by atoms with Crippen molar-refractivity contribution in [3.63, 3.8) is 0 Å². The third-order valence-corrected chi connectivity index (χ3v) is 4.73. The van der Waals surface area contributed by atoms with Crippen LogP contribution in [0.25, 0.3) is 0 Å². The van der Waals surface area contributed by atoms with Gasteiger partial charge in [0, 0.05) is 32.5 Å². The highest BCUT2D eigenvalue weighted by Crippen LogP contribution is 2.32. The van der Waals surface area contributed by atoms with E-state index in [1.54, 1.807) is 0 Å². The molecule has 0 saturated carbocycles. The summed E-state index contributed by atoms with van der Waals surface area (Å²) in [6.45, 7) is 3.90. The zero-order chi connectivity index (χ0) is 16.4. The summed E-state index contributed by atoms with van der Waals surface area (Å²) in [5.74, 6) is 1.21. The Morgan fingerprint density at radius 3 is 2.67 bits per heavy atom. The lowest BCUT2D eigenvalue weighted by atomic mass is 10.0. The van der Waals surface area contributed by atoms with E-state index in [9.17, 15) is 4.79 Å². The molecule has 0 bridgehead atoms. The number of piperidine rings is 1. The molecular formula is C17H22N2O5. The number of nitrogens with one attached hydrogen (secondary N) is 1. The molecular weight excluding hydrogens is 312 g/mol. The standard InChI is InChI=1S/C17H22N2O5/c20-16(19-5-3-17(4-6-19)23-7-8-24-17)11-18-10-13-1-2-14-15(9-13)22-12-21-14/h1-2,9,18H,3-8,10-12H2. The lowest BCUT2D eigenvalue weighted by molar-refractivity contribution is -0.187. The first-order chi connectivity index (χ1) is 11.7. The number of hydrogen-bond acceptors (Lipinski definition) is 6. The topological polar surface area (TPSA) is 69.3 Å². The van der Waals surface area contributed by atoms with E-state index >= 15 is 0 Å². The normalized spacial score (nSPS) is 21.4. The largest absolute Gasteiger partial charge is 0.454 e. The van der Waals surface area contributed by atoms with Crippen molar-refractivity contribution in [1.29, 1.82) is 0 Å². The second kappa shape index (κ2) is 6.58. The Morgan fingerprint density at radius 2 is 1.88 bits per heavy atom. The predicted molar refractivity (Wildman–Crippen MR) is 84.7 cm³/mol. The Bertz CT molecular complexity index is 605. The van der Waals surface area contributed by atoms with Gasteiger partial charge in [-0.05, 0) is 17.7 Å². The summed E-state index contributed by atoms with van der Waals surface area (Å²) in [7, 11) is 0. The van der Waals surface area contributed by atoms with Crippen molar-refractivity contribution in [2.45, 2.75) is 25.2 Å². The number of fused-ring (bicyclic) bond motifs is 1. The van der Waals surface area contributed by atoms with E-state index in [-0.39, 0.29) is 12.7 Å². The number of ether oxygens (including phenoxy) is 4. The van der Waals surface area contributed by atoms with E-state index in [2.05, 4.69) is 5.32 Å². The van der Waals surface area contributed by atoms with Crippen molar-refractivity contribution >= 4 is 5.91 Å². The first kappa shape index (κ1) is 15.7. The summed E-state index contributed by atoms with van der Waals surface area (Å²) in [5, 5.41) is 3.20. The molecule has 0 unspecified atom stereocenters. The highest BCUT2D eigenvalue weighted by Gasteiger charge is 2.40. The number of nitrogens with zero attached hydrogens (tertiary/aromatic N) is 1. The van der Waals surface area contributed by atoms with Crippen LogP contribution in [-0.4, -0.2) is 56.2 Å². The molecule has 7 heteroatoms. The first-order valence-electron chi connectivity index (χ1n) is 8.39. The van der Waals surface area contributed by atoms with Gasteiger partial charge in [-0.25, -0.2) is 0 Å². The average Bonchev–Trinajstić information content (AvgIpc) is 3.24. The average molecular weight is 334 g/mol. The zero-order valence-electron chi connectivity index (χ0n) is 13.6. The fourth-order valence-electron chi connectivity index (χ4n) is 3.36. The Morgan fingerprint density at radius 1 is 1.12 bits per heavy atom. The minimum atomic E-state index is -0.434. The summed E-state index contributed by atoms with van der Waals surface area (Å²) < 4.78 is 22.0. The summed E-state index contributed by atoms with van der Waals surface area (Å²) in [5.41, 5.74) is 1.07. The fourth-order valence-corrected chi connectivity index (χ4v) is 3.36. The maximum absolute atomic E-state index is 12.3. The van der Waals surface area contributed by atoms with Gasteiger partial charge in [0.05, 0.1) is 19.8 Å². The summed E-state index contributed by atoms with van der Waals surface area (Å²) in [6.07, 6.45) is 1.50. The molecule has 130 valence electrons. The van der Waals surface area contributed by atoms with Crippen molar-refractivity contribution < 1.29 is 23.7 Å². The van der Waals surface area contributed by atoms with Crippen molar-refractivity contribution in [2.24, 2.45) is 0 Å². The Kier molecular flexibility index (Phi) is 4.30. The lowest BCUT2D eigenvalue weighted by Crippen LogP contribution is -2.49. The number of rotatable bonds is 4. The van der Waals surface area contributed by atoms with Gasteiger partial charge in [0.15, 0.2) is 17.3 Å². The molecule has 3 aliphatic rings. The minimum absolute atomic E-state index is 0.114. The maximum Gasteiger partial charge on any atom is 0.236 e. The van der Waals surface area contributed by atoms with Gasteiger partial charge in [-0.3, -0.25) is 4.79 Å². The molecule has 0 aromatic heterocycles. The van der Waals surface area contributed by atoms with Crippen LogP contribution in [0.2, 0.25) is 0 Å². The van der Waals surface area contributed by atoms with Gasteiger partial charge in [0.1, 0.15) is 0 Å². The molecule has 0 aliphatic carbocycles. The van der Waals surface area contributed by atoms with Crippen LogP contribution in [-0.2, 0) is 20.8 Å². The number of carbonyl (C=O) groups is 1. The summed E-state index contributed by atoms with van der Waals surface area (Å²) >= 11 is 0. The first-order valence-corrected chi connectivity index (χ1v) is 8.39. The van der Waals surface area contributed by atoms with Crippen LogP contribution >= 0.6 is 0 Å². The molecule has 0 atom stereocenters. The van der Waals surface area contributed by atoms with Gasteiger partial charge in [-0.15, -0.1) is 0 Å². The van der Waals surface area contributed by atoms with Crippen LogP contribution in [0.15, 0.2) is 18.2 Å². The van der Waals surface area contributed by atoms with E-state index in [1.165, 1.54) is 0 Å². The molecule has 4 rings (SSSR count). The second-order valence-corrected chi connectivity index (χ2v) is 6.28. The molecule has 1 spiro atoms. The molecule has 0 radical (unpaired) electrons. The summed E-state index contributed by atoms with van der Waals surface area (Å²) in [6, 6.07) is 5.82. The van der Waals surface area contributed by atoms with Crippen LogP contribution in [0.5, 0.6) is 11.5 Å². The van der Waals surface area contributed by atoms with Gasteiger partial charge >= 0.3 is 0 Å². The molecule has 7 nitrogen and oxygen atoms in total. The molecule has 3 heterocycles. The van der Waals surface area contributed by atoms with Gasteiger partial charge in [-0.2, -0.15) is 0 Å². The molecule has 24 heavy (non-hydrogen) atoms. The maximum atomic E-state index is 12.3. The van der Waals surface area contributed by atoms with Crippen LogP contribution in [0, 0.1) is 0 Å². The summed E-state index contributed by atoms with van der Waals surface area (Å²) in [4.78, 5) is 14.2. The Hall–Kier alpha value is -1.83.